The third kappa shape index (κ3) is 6.72. The Morgan fingerprint density at radius 3 is 1.51 bits per heavy atom. The van der Waals surface area contributed by atoms with Crippen LogP contribution in [0.5, 0.6) is 0 Å². The molecule has 0 unspecified atom stereocenters. The summed E-state index contributed by atoms with van der Waals surface area (Å²) in [5.41, 5.74) is 7.34. The van der Waals surface area contributed by atoms with Crippen molar-refractivity contribution in [3.05, 3.63) is 125 Å². The van der Waals surface area contributed by atoms with E-state index in [0.29, 0.717) is 0 Å². The summed E-state index contributed by atoms with van der Waals surface area (Å²) in [5.74, 6) is 0. The standard InChI is InChI=1S/C21H16P.C10H15.2FH.Zr/c1-3-11-19(12-4-1)22(20-13-5-2-6-14-20)21-15-17-9-7-8-10-18(17)16-21;1-6-7(2)9(4)10(5)8(6)3;;;/h1-16H;1-5H3;2*1H;/q2*-1;;;+4/p-2. The van der Waals surface area contributed by atoms with Gasteiger partial charge in [0.25, 0.3) is 0 Å². The van der Waals surface area contributed by atoms with Crippen molar-refractivity contribution < 1.29 is 29.7 Å². The fourth-order valence-electron chi connectivity index (χ4n) is 4.27. The SMILES string of the molecule is Cc1c(C)c(C)[c-](C)c1C.[F][Zr+2][F].c1ccc(P(c2ccccc2)c2cc3ccccc3[cH-]2)cc1. The first-order valence-corrected chi connectivity index (χ1v) is 14.8. The molecule has 5 aromatic carbocycles. The number of benzene rings is 3. The molecule has 0 N–H and O–H groups in total. The molecule has 0 saturated carbocycles. The van der Waals surface area contributed by atoms with Gasteiger partial charge >= 0.3 is 29.7 Å². The molecule has 0 fully saturated rings. The maximum Gasteiger partial charge on any atom is -0.0166 e. The molecule has 0 amide bonds. The molecular weight excluding hydrogens is 533 g/mol. The van der Waals surface area contributed by atoms with Gasteiger partial charge in [0, 0.05) is 0 Å². The molecule has 0 spiro atoms. The van der Waals surface area contributed by atoms with Gasteiger partial charge in [0.2, 0.25) is 0 Å². The van der Waals surface area contributed by atoms with Crippen LogP contribution in [0.25, 0.3) is 10.8 Å². The molecule has 0 aromatic heterocycles. The summed E-state index contributed by atoms with van der Waals surface area (Å²) in [6.45, 7) is 11.0. The molecule has 5 aromatic rings. The van der Waals surface area contributed by atoms with Crippen LogP contribution in [0.2, 0.25) is 0 Å². The Labute approximate surface area is 222 Å². The van der Waals surface area contributed by atoms with E-state index in [2.05, 4.69) is 132 Å². The molecule has 35 heavy (non-hydrogen) atoms. The minimum atomic E-state index is -2.77. The first-order chi connectivity index (χ1) is 16.9. The predicted molar refractivity (Wildman–Crippen MR) is 146 cm³/mol. The van der Waals surface area contributed by atoms with E-state index in [1.165, 1.54) is 54.5 Å². The quantitative estimate of drug-likeness (QED) is 0.154. The van der Waals surface area contributed by atoms with Crippen LogP contribution in [0.3, 0.4) is 0 Å². The average molecular weight is 564 g/mol. The van der Waals surface area contributed by atoms with Gasteiger partial charge in [-0.1, -0.05) is 101 Å². The molecule has 178 valence electrons. The largest absolute Gasteiger partial charge is 0.160 e. The van der Waals surface area contributed by atoms with Crippen LogP contribution in [-0.4, -0.2) is 0 Å². The predicted octanol–water partition coefficient (Wildman–Crippen LogP) is 8.10. The fourth-order valence-corrected chi connectivity index (χ4v) is 6.64. The van der Waals surface area contributed by atoms with Crippen molar-refractivity contribution in [1.82, 2.24) is 0 Å². The van der Waals surface area contributed by atoms with Crippen LogP contribution in [-0.2, 0) is 24.5 Å². The molecule has 0 radical (unpaired) electrons. The monoisotopic (exact) mass is 562 g/mol. The van der Waals surface area contributed by atoms with E-state index in [4.69, 9.17) is 0 Å². The summed E-state index contributed by atoms with van der Waals surface area (Å²) >= 11 is -2.77. The average Bonchev–Trinajstić information content (AvgIpc) is 3.38. The Morgan fingerprint density at radius 1 is 0.686 bits per heavy atom. The normalized spacial score (nSPS) is 10.3. The van der Waals surface area contributed by atoms with Gasteiger partial charge in [-0.2, -0.15) is 33.9 Å². The van der Waals surface area contributed by atoms with Crippen molar-refractivity contribution in [2.75, 3.05) is 0 Å². The number of fused-ring (bicyclic) bond motifs is 1. The fraction of sp³-hybridized carbons (Fsp3) is 0.161. The topological polar surface area (TPSA) is 0 Å². The Hall–Kier alpha value is -2.21. The van der Waals surface area contributed by atoms with E-state index < -0.39 is 32.4 Å². The molecule has 0 aliphatic carbocycles. The molecule has 0 saturated heterocycles. The van der Waals surface area contributed by atoms with E-state index in [-0.39, 0.29) is 0 Å². The molecule has 0 bridgehead atoms. The Balaban J connectivity index is 0.000000221. The van der Waals surface area contributed by atoms with Crippen LogP contribution >= 0.6 is 7.92 Å². The van der Waals surface area contributed by atoms with Crippen LogP contribution in [0.1, 0.15) is 27.8 Å². The van der Waals surface area contributed by atoms with Crippen molar-refractivity contribution in [1.29, 1.82) is 0 Å². The second-order valence-electron chi connectivity index (χ2n) is 8.55. The van der Waals surface area contributed by atoms with Crippen molar-refractivity contribution in [2.45, 2.75) is 34.6 Å². The summed E-state index contributed by atoms with van der Waals surface area (Å²) in [4.78, 5) is 0. The summed E-state index contributed by atoms with van der Waals surface area (Å²) in [5, 5.41) is 6.89. The van der Waals surface area contributed by atoms with Gasteiger partial charge < -0.3 is 0 Å². The van der Waals surface area contributed by atoms with Gasteiger partial charge in [0.15, 0.2) is 0 Å². The molecule has 4 heteroatoms. The van der Waals surface area contributed by atoms with Crippen LogP contribution in [0, 0.1) is 34.6 Å². The van der Waals surface area contributed by atoms with Crippen LogP contribution in [0.4, 0.5) is 5.25 Å². The van der Waals surface area contributed by atoms with E-state index >= 15 is 0 Å². The number of hydrogen-bond acceptors (Lipinski definition) is 0. The minimum Gasteiger partial charge on any atom is -0.160 e. The molecule has 0 nitrogen and oxygen atoms in total. The minimum absolute atomic E-state index is 0.493. The number of halogens is 2. The first kappa shape index (κ1) is 27.4. The summed E-state index contributed by atoms with van der Waals surface area (Å²) < 4.78 is 19.6. The van der Waals surface area contributed by atoms with Crippen LogP contribution < -0.4 is 15.9 Å². The summed E-state index contributed by atoms with van der Waals surface area (Å²) in [7, 11) is -0.493. The maximum absolute atomic E-state index is 9.80. The van der Waals surface area contributed by atoms with Gasteiger partial charge in [-0.05, 0) is 18.5 Å². The maximum atomic E-state index is 9.80. The van der Waals surface area contributed by atoms with E-state index in [1.54, 1.807) is 0 Å². The molecule has 0 heterocycles. The Bertz CT molecular complexity index is 1180. The second kappa shape index (κ2) is 13.2. The zero-order valence-corrected chi connectivity index (χ0v) is 24.3. The van der Waals surface area contributed by atoms with Gasteiger partial charge in [0.05, 0.1) is 0 Å². The second-order valence-corrected chi connectivity index (χ2v) is 11.1. The first-order valence-electron chi connectivity index (χ1n) is 11.6. The van der Waals surface area contributed by atoms with Crippen molar-refractivity contribution in [3.8, 4) is 0 Å². The van der Waals surface area contributed by atoms with Gasteiger partial charge in [-0.15, -0.1) is 40.3 Å². The zero-order chi connectivity index (χ0) is 25.4. The molecule has 0 aliphatic heterocycles. The van der Waals surface area contributed by atoms with E-state index in [0.717, 1.165) is 0 Å². The van der Waals surface area contributed by atoms with Gasteiger partial charge in [-0.25, -0.2) is 0 Å². The van der Waals surface area contributed by atoms with E-state index in [1.807, 2.05) is 0 Å². The Kier molecular flexibility index (Phi) is 10.3. The van der Waals surface area contributed by atoms with Gasteiger partial charge in [0.1, 0.15) is 0 Å². The molecule has 0 atom stereocenters. The third-order valence-corrected chi connectivity index (χ3v) is 9.11. The molecule has 5 rings (SSSR count). The van der Waals surface area contributed by atoms with Crippen molar-refractivity contribution in [2.24, 2.45) is 0 Å². The smallest absolute Gasteiger partial charge is 0.0166 e. The zero-order valence-electron chi connectivity index (χ0n) is 20.9. The summed E-state index contributed by atoms with van der Waals surface area (Å²) in [6, 6.07) is 35.0. The third-order valence-electron chi connectivity index (χ3n) is 6.70. The molecular formula is C31H31F2PZr. The van der Waals surface area contributed by atoms with E-state index in [9.17, 15) is 5.25 Å². The molecule has 0 aliphatic rings. The Morgan fingerprint density at radius 2 is 1.11 bits per heavy atom. The van der Waals surface area contributed by atoms with Gasteiger partial charge in [-0.3, -0.25) is 0 Å². The number of rotatable bonds is 3. The number of hydrogen-bond donors (Lipinski definition) is 0. The van der Waals surface area contributed by atoms with Crippen molar-refractivity contribution >= 4 is 34.6 Å². The van der Waals surface area contributed by atoms with Crippen LogP contribution in [0.15, 0.2) is 97.1 Å². The summed E-state index contributed by atoms with van der Waals surface area (Å²) in [6.07, 6.45) is 0. The van der Waals surface area contributed by atoms with Crippen molar-refractivity contribution in [3.63, 3.8) is 0 Å².